The van der Waals surface area contributed by atoms with E-state index in [1.807, 2.05) is 6.08 Å². The third-order valence-corrected chi connectivity index (χ3v) is 1.62. The zero-order valence-corrected chi connectivity index (χ0v) is 8.67. The number of hydrogen-bond acceptors (Lipinski definition) is 3. The molecule has 3 nitrogen and oxygen atoms in total. The second-order valence-electron chi connectivity index (χ2n) is 3.14. The second kappa shape index (κ2) is 6.66. The average Bonchev–Trinajstić information content (AvgIpc) is 2.03. The van der Waals surface area contributed by atoms with Gasteiger partial charge in [-0.3, -0.25) is 5.73 Å². The molecule has 0 aliphatic heterocycles. The van der Waals surface area contributed by atoms with Crippen LogP contribution in [0.1, 0.15) is 40.0 Å². The van der Waals surface area contributed by atoms with E-state index in [1.165, 1.54) is 0 Å². The van der Waals surface area contributed by atoms with Gasteiger partial charge in [0.05, 0.1) is 0 Å². The molecule has 0 aromatic carbocycles. The molecule has 0 saturated carbocycles. The molecular weight excluding hydrogens is 166 g/mol. The number of carbonyl (C=O) groups is 1. The maximum Gasteiger partial charge on any atom is 0.334 e. The van der Waals surface area contributed by atoms with Gasteiger partial charge < -0.3 is 4.74 Å². The lowest BCUT2D eigenvalue weighted by atomic mass is 10.2. The van der Waals surface area contributed by atoms with Crippen molar-refractivity contribution in [2.24, 2.45) is 5.73 Å². The minimum Gasteiger partial charge on any atom is -0.444 e. The molecular formula is C10H19NO2. The first-order valence-electron chi connectivity index (χ1n) is 4.71. The average molecular weight is 185 g/mol. The van der Waals surface area contributed by atoms with Gasteiger partial charge in [0.25, 0.3) is 0 Å². The van der Waals surface area contributed by atoms with Crippen LogP contribution >= 0.6 is 0 Å². The molecule has 0 heterocycles. The summed E-state index contributed by atoms with van der Waals surface area (Å²) in [5.74, 6) is -0.314. The minimum absolute atomic E-state index is 0.314. The maximum atomic E-state index is 11.2. The van der Waals surface area contributed by atoms with E-state index in [9.17, 15) is 4.79 Å². The van der Waals surface area contributed by atoms with Crippen molar-refractivity contribution in [3.8, 4) is 0 Å². The third kappa shape index (κ3) is 6.34. The fourth-order valence-corrected chi connectivity index (χ4v) is 0.868. The van der Waals surface area contributed by atoms with Gasteiger partial charge in [-0.1, -0.05) is 25.8 Å². The van der Waals surface area contributed by atoms with Crippen LogP contribution in [-0.2, 0) is 9.53 Å². The zero-order chi connectivity index (χ0) is 10.3. The quantitative estimate of drug-likeness (QED) is 0.308. The summed E-state index contributed by atoms with van der Waals surface area (Å²) in [5.41, 5.74) is 5.96. The minimum atomic E-state index is -0.526. The van der Waals surface area contributed by atoms with Gasteiger partial charge in [-0.2, -0.15) is 0 Å². The lowest BCUT2D eigenvalue weighted by Gasteiger charge is -2.07. The molecule has 13 heavy (non-hydrogen) atoms. The molecule has 0 bridgehead atoms. The first-order valence-corrected chi connectivity index (χ1v) is 4.71. The Morgan fingerprint density at radius 3 is 2.69 bits per heavy atom. The number of rotatable bonds is 5. The molecule has 1 atom stereocenters. The largest absolute Gasteiger partial charge is 0.444 e. The summed E-state index contributed by atoms with van der Waals surface area (Å²) >= 11 is 0. The Balaban J connectivity index is 3.86. The first-order chi connectivity index (χ1) is 6.07. The van der Waals surface area contributed by atoms with Crippen LogP contribution in [0, 0.1) is 0 Å². The van der Waals surface area contributed by atoms with E-state index in [0.29, 0.717) is 5.57 Å². The van der Waals surface area contributed by atoms with Crippen LogP contribution in [0.3, 0.4) is 0 Å². The van der Waals surface area contributed by atoms with Gasteiger partial charge >= 0.3 is 5.97 Å². The molecule has 3 heteroatoms. The number of allylic oxidation sites excluding steroid dienone is 1. The molecule has 0 amide bonds. The highest BCUT2D eigenvalue weighted by molar-refractivity contribution is 5.87. The number of unbranched alkanes of at least 4 members (excludes halogenated alkanes) is 2. The van der Waals surface area contributed by atoms with E-state index in [4.69, 9.17) is 10.5 Å². The Morgan fingerprint density at radius 1 is 1.62 bits per heavy atom. The Kier molecular flexibility index (Phi) is 6.24. The van der Waals surface area contributed by atoms with Gasteiger partial charge in [0.1, 0.15) is 6.23 Å². The summed E-state index contributed by atoms with van der Waals surface area (Å²) in [6, 6.07) is 0. The van der Waals surface area contributed by atoms with E-state index in [-0.39, 0.29) is 5.97 Å². The number of esters is 1. The molecule has 0 radical (unpaired) electrons. The molecule has 0 aliphatic carbocycles. The Morgan fingerprint density at radius 2 is 2.23 bits per heavy atom. The molecule has 0 aromatic heterocycles. The van der Waals surface area contributed by atoms with E-state index in [2.05, 4.69) is 6.92 Å². The highest BCUT2D eigenvalue weighted by Crippen LogP contribution is 2.03. The Labute approximate surface area is 79.9 Å². The van der Waals surface area contributed by atoms with Crippen molar-refractivity contribution in [3.05, 3.63) is 11.6 Å². The summed E-state index contributed by atoms with van der Waals surface area (Å²) in [5, 5.41) is 0. The van der Waals surface area contributed by atoms with Crippen molar-refractivity contribution in [3.63, 3.8) is 0 Å². The maximum absolute atomic E-state index is 11.2. The summed E-state index contributed by atoms with van der Waals surface area (Å²) in [6.07, 6.45) is 4.53. The molecule has 0 aliphatic rings. The molecule has 2 N–H and O–H groups in total. The van der Waals surface area contributed by atoms with Gasteiger partial charge in [-0.15, -0.1) is 0 Å². The van der Waals surface area contributed by atoms with Crippen LogP contribution in [-0.4, -0.2) is 12.2 Å². The first kappa shape index (κ1) is 12.2. The number of nitrogens with two attached hydrogens (primary N) is 1. The monoisotopic (exact) mass is 185 g/mol. The molecule has 0 saturated heterocycles. The SMILES string of the molecule is CCCCC=C(C)C(=O)OC(C)N. The highest BCUT2D eigenvalue weighted by Gasteiger charge is 2.06. The predicted molar refractivity (Wildman–Crippen MR) is 53.0 cm³/mol. The molecule has 1 unspecified atom stereocenters. The molecule has 0 rings (SSSR count). The predicted octanol–water partition coefficient (Wildman–Crippen LogP) is 1.97. The van der Waals surface area contributed by atoms with Crippen molar-refractivity contribution >= 4 is 5.97 Å². The number of carbonyl (C=O) groups excluding carboxylic acids is 1. The van der Waals surface area contributed by atoms with Gasteiger partial charge in [0.15, 0.2) is 0 Å². The van der Waals surface area contributed by atoms with Crippen molar-refractivity contribution in [1.29, 1.82) is 0 Å². The van der Waals surface area contributed by atoms with Crippen molar-refractivity contribution in [1.82, 2.24) is 0 Å². The fraction of sp³-hybridized carbons (Fsp3) is 0.700. The Hall–Kier alpha value is -0.830. The number of ether oxygens (including phenoxy) is 1. The molecule has 76 valence electrons. The normalized spacial score (nSPS) is 14.0. The molecule has 0 fully saturated rings. The topological polar surface area (TPSA) is 52.3 Å². The van der Waals surface area contributed by atoms with Crippen LogP contribution in [0.15, 0.2) is 11.6 Å². The number of hydrogen-bond donors (Lipinski definition) is 1. The van der Waals surface area contributed by atoms with Gasteiger partial charge in [0.2, 0.25) is 0 Å². The summed E-state index contributed by atoms with van der Waals surface area (Å²) < 4.78 is 4.81. The van der Waals surface area contributed by atoms with E-state index in [0.717, 1.165) is 19.3 Å². The fourth-order valence-electron chi connectivity index (χ4n) is 0.868. The van der Waals surface area contributed by atoms with E-state index in [1.54, 1.807) is 13.8 Å². The van der Waals surface area contributed by atoms with Gasteiger partial charge in [-0.05, 0) is 20.3 Å². The molecule has 0 aromatic rings. The van der Waals surface area contributed by atoms with Crippen LogP contribution in [0.25, 0.3) is 0 Å². The van der Waals surface area contributed by atoms with Crippen LogP contribution in [0.4, 0.5) is 0 Å². The summed E-state index contributed by atoms with van der Waals surface area (Å²) in [4.78, 5) is 11.2. The highest BCUT2D eigenvalue weighted by atomic mass is 16.6. The molecule has 0 spiro atoms. The summed E-state index contributed by atoms with van der Waals surface area (Å²) in [6.45, 7) is 5.50. The van der Waals surface area contributed by atoms with Crippen molar-refractivity contribution in [2.45, 2.75) is 46.3 Å². The Bertz CT molecular complexity index is 185. The zero-order valence-electron chi connectivity index (χ0n) is 8.67. The van der Waals surface area contributed by atoms with Crippen LogP contribution in [0.5, 0.6) is 0 Å². The lowest BCUT2D eigenvalue weighted by molar-refractivity contribution is -0.143. The third-order valence-electron chi connectivity index (χ3n) is 1.62. The van der Waals surface area contributed by atoms with E-state index < -0.39 is 6.23 Å². The van der Waals surface area contributed by atoms with E-state index >= 15 is 0 Å². The van der Waals surface area contributed by atoms with Crippen molar-refractivity contribution < 1.29 is 9.53 Å². The standard InChI is InChI=1S/C10H19NO2/c1-4-5-6-7-8(2)10(12)13-9(3)11/h7,9H,4-6,11H2,1-3H3. The smallest absolute Gasteiger partial charge is 0.334 e. The summed E-state index contributed by atoms with van der Waals surface area (Å²) in [7, 11) is 0. The van der Waals surface area contributed by atoms with Crippen LogP contribution in [0.2, 0.25) is 0 Å². The second-order valence-corrected chi connectivity index (χ2v) is 3.14. The van der Waals surface area contributed by atoms with Crippen molar-refractivity contribution in [2.75, 3.05) is 0 Å². The van der Waals surface area contributed by atoms with Gasteiger partial charge in [-0.25, -0.2) is 4.79 Å². The lowest BCUT2D eigenvalue weighted by Crippen LogP contribution is -2.23. The van der Waals surface area contributed by atoms with Gasteiger partial charge in [0, 0.05) is 5.57 Å². The van der Waals surface area contributed by atoms with Crippen LogP contribution < -0.4 is 5.73 Å².